The molecule has 0 unspecified atom stereocenters. The maximum atomic E-state index is 13.2. The predicted molar refractivity (Wildman–Crippen MR) is 100 cm³/mol. The van der Waals surface area contributed by atoms with E-state index in [2.05, 4.69) is 20.0 Å². The summed E-state index contributed by atoms with van der Waals surface area (Å²) in [5.74, 6) is -0.185. The number of likely N-dealkylation sites (tertiary alicyclic amines) is 1. The normalized spacial score (nSPS) is 22.1. The van der Waals surface area contributed by atoms with Crippen molar-refractivity contribution in [2.45, 2.75) is 37.8 Å². The average Bonchev–Trinajstić information content (AvgIpc) is 3.14. The predicted octanol–water partition coefficient (Wildman–Crippen LogP) is 3.37. The lowest BCUT2D eigenvalue weighted by atomic mass is 9.98. The Balaban J connectivity index is 1.45. The van der Waals surface area contributed by atoms with Crippen molar-refractivity contribution in [3.8, 4) is 0 Å². The van der Waals surface area contributed by atoms with Crippen LogP contribution in [0.25, 0.3) is 0 Å². The van der Waals surface area contributed by atoms with Crippen LogP contribution < -0.4 is 10.5 Å². The maximum absolute atomic E-state index is 13.2. The van der Waals surface area contributed by atoms with E-state index in [0.29, 0.717) is 17.8 Å². The first kappa shape index (κ1) is 17.5. The topological polar surface area (TPSA) is 52.2 Å². The number of aromatic amines is 1. The number of benzene rings is 1. The SMILES string of the molecule is O=c1[nH]ncc(N2CCC(N3CCC[C@@H]3c3ccc(F)cc3)CC2)c1Cl. The van der Waals surface area contributed by atoms with Crippen LogP contribution in [0.5, 0.6) is 0 Å². The number of anilines is 1. The van der Waals surface area contributed by atoms with E-state index in [1.54, 1.807) is 18.3 Å². The quantitative estimate of drug-likeness (QED) is 0.892. The van der Waals surface area contributed by atoms with Crippen molar-refractivity contribution in [2.24, 2.45) is 0 Å². The van der Waals surface area contributed by atoms with Crippen molar-refractivity contribution in [3.63, 3.8) is 0 Å². The molecule has 2 aliphatic heterocycles. The molecule has 138 valence electrons. The molecule has 0 bridgehead atoms. The molecule has 1 atom stereocenters. The zero-order valence-corrected chi connectivity index (χ0v) is 15.3. The van der Waals surface area contributed by atoms with Crippen molar-refractivity contribution in [1.29, 1.82) is 0 Å². The summed E-state index contributed by atoms with van der Waals surface area (Å²) in [7, 11) is 0. The summed E-state index contributed by atoms with van der Waals surface area (Å²) in [6.07, 6.45) is 5.95. The minimum absolute atomic E-state index is 0.185. The smallest absolute Gasteiger partial charge is 0.285 e. The molecule has 7 heteroatoms. The van der Waals surface area contributed by atoms with Crippen molar-refractivity contribution in [3.05, 3.63) is 57.2 Å². The van der Waals surface area contributed by atoms with Gasteiger partial charge in [-0.05, 0) is 49.9 Å². The summed E-state index contributed by atoms with van der Waals surface area (Å²) < 4.78 is 13.2. The summed E-state index contributed by atoms with van der Waals surface area (Å²) in [6.45, 7) is 2.78. The molecule has 0 amide bonds. The second-order valence-electron chi connectivity index (χ2n) is 7.06. The highest BCUT2D eigenvalue weighted by Crippen LogP contribution is 2.37. The van der Waals surface area contributed by atoms with Gasteiger partial charge in [-0.1, -0.05) is 23.7 Å². The molecule has 2 saturated heterocycles. The Kier molecular flexibility index (Phi) is 4.96. The van der Waals surface area contributed by atoms with Gasteiger partial charge in [0.15, 0.2) is 0 Å². The number of hydrogen-bond acceptors (Lipinski definition) is 4. The molecule has 0 radical (unpaired) electrons. The molecule has 3 heterocycles. The zero-order valence-electron chi connectivity index (χ0n) is 14.5. The highest BCUT2D eigenvalue weighted by atomic mass is 35.5. The second-order valence-corrected chi connectivity index (χ2v) is 7.44. The molecule has 1 N–H and O–H groups in total. The van der Waals surface area contributed by atoms with Crippen LogP contribution in [0.4, 0.5) is 10.1 Å². The summed E-state index contributed by atoms with van der Waals surface area (Å²) >= 11 is 6.14. The van der Waals surface area contributed by atoms with E-state index in [-0.39, 0.29) is 16.4 Å². The fraction of sp³-hybridized carbons (Fsp3) is 0.474. The Morgan fingerprint density at radius 2 is 1.85 bits per heavy atom. The number of nitrogens with one attached hydrogen (secondary N) is 1. The molecule has 4 rings (SSSR count). The Hall–Kier alpha value is -1.92. The summed E-state index contributed by atoms with van der Waals surface area (Å²) in [5.41, 5.74) is 1.57. The summed E-state index contributed by atoms with van der Waals surface area (Å²) in [6, 6.07) is 7.80. The van der Waals surface area contributed by atoms with Gasteiger partial charge in [0.1, 0.15) is 10.8 Å². The van der Waals surface area contributed by atoms with E-state index in [0.717, 1.165) is 38.9 Å². The molecule has 2 fully saturated rings. The van der Waals surface area contributed by atoms with Gasteiger partial charge in [0, 0.05) is 25.2 Å². The van der Waals surface area contributed by atoms with Gasteiger partial charge < -0.3 is 4.90 Å². The average molecular weight is 377 g/mol. The van der Waals surface area contributed by atoms with Crippen LogP contribution in [-0.2, 0) is 0 Å². The fourth-order valence-corrected chi connectivity index (χ4v) is 4.51. The van der Waals surface area contributed by atoms with Crippen LogP contribution in [0, 0.1) is 5.82 Å². The first-order valence-corrected chi connectivity index (χ1v) is 9.50. The molecule has 2 aliphatic rings. The molecule has 0 spiro atoms. The van der Waals surface area contributed by atoms with Gasteiger partial charge in [-0.25, -0.2) is 9.49 Å². The lowest BCUT2D eigenvalue weighted by Crippen LogP contribution is -2.45. The molecule has 2 aromatic rings. The van der Waals surface area contributed by atoms with Gasteiger partial charge in [-0.15, -0.1) is 0 Å². The highest BCUT2D eigenvalue weighted by molar-refractivity contribution is 6.32. The van der Waals surface area contributed by atoms with Gasteiger partial charge >= 0.3 is 0 Å². The minimum Gasteiger partial charge on any atom is -0.369 e. The van der Waals surface area contributed by atoms with Gasteiger partial charge in [-0.3, -0.25) is 9.69 Å². The number of hydrogen-bond donors (Lipinski definition) is 1. The summed E-state index contributed by atoms with van der Waals surface area (Å²) in [5, 5.41) is 6.44. The van der Waals surface area contributed by atoms with E-state index in [1.807, 2.05) is 12.1 Å². The first-order valence-electron chi connectivity index (χ1n) is 9.13. The van der Waals surface area contributed by atoms with Gasteiger partial charge in [0.05, 0.1) is 11.9 Å². The van der Waals surface area contributed by atoms with Crippen LogP contribution in [0.15, 0.2) is 35.3 Å². The van der Waals surface area contributed by atoms with Crippen molar-refractivity contribution in [1.82, 2.24) is 15.1 Å². The third kappa shape index (κ3) is 3.35. The summed E-state index contributed by atoms with van der Waals surface area (Å²) in [4.78, 5) is 16.4. The number of nitrogens with zero attached hydrogens (tertiary/aromatic N) is 3. The third-order valence-electron chi connectivity index (χ3n) is 5.60. The molecule has 0 aliphatic carbocycles. The molecule has 1 aromatic heterocycles. The van der Waals surface area contributed by atoms with Crippen LogP contribution in [0.3, 0.4) is 0 Å². The number of aromatic nitrogens is 2. The van der Waals surface area contributed by atoms with E-state index >= 15 is 0 Å². The number of halogens is 2. The number of rotatable bonds is 3. The van der Waals surface area contributed by atoms with Crippen LogP contribution in [0.1, 0.15) is 37.3 Å². The maximum Gasteiger partial charge on any atom is 0.285 e. The van der Waals surface area contributed by atoms with Crippen LogP contribution in [0.2, 0.25) is 5.02 Å². The van der Waals surface area contributed by atoms with Crippen molar-refractivity contribution in [2.75, 3.05) is 24.5 Å². The molecule has 26 heavy (non-hydrogen) atoms. The van der Waals surface area contributed by atoms with Crippen LogP contribution >= 0.6 is 11.6 Å². The van der Waals surface area contributed by atoms with Crippen LogP contribution in [-0.4, -0.2) is 40.8 Å². The Bertz CT molecular complexity index is 817. The lowest BCUT2D eigenvalue weighted by Gasteiger charge is -2.40. The lowest BCUT2D eigenvalue weighted by molar-refractivity contribution is 0.154. The molecular weight excluding hydrogens is 355 g/mol. The highest BCUT2D eigenvalue weighted by Gasteiger charge is 2.34. The monoisotopic (exact) mass is 376 g/mol. The van der Waals surface area contributed by atoms with Gasteiger partial charge in [0.25, 0.3) is 5.56 Å². The van der Waals surface area contributed by atoms with Crippen molar-refractivity contribution < 1.29 is 4.39 Å². The van der Waals surface area contributed by atoms with E-state index in [4.69, 9.17) is 11.6 Å². The van der Waals surface area contributed by atoms with E-state index < -0.39 is 0 Å². The Morgan fingerprint density at radius 1 is 1.12 bits per heavy atom. The zero-order chi connectivity index (χ0) is 18.1. The molecule has 5 nitrogen and oxygen atoms in total. The largest absolute Gasteiger partial charge is 0.369 e. The first-order chi connectivity index (χ1) is 12.6. The van der Waals surface area contributed by atoms with E-state index in [1.165, 1.54) is 12.0 Å². The fourth-order valence-electron chi connectivity index (χ4n) is 4.30. The molecule has 1 aromatic carbocycles. The second kappa shape index (κ2) is 7.37. The Morgan fingerprint density at radius 3 is 2.58 bits per heavy atom. The number of piperidine rings is 1. The van der Waals surface area contributed by atoms with Crippen molar-refractivity contribution >= 4 is 17.3 Å². The Labute approximate surface area is 156 Å². The molecular formula is C19H22ClFN4O. The molecule has 0 saturated carbocycles. The van der Waals surface area contributed by atoms with Gasteiger partial charge in [-0.2, -0.15) is 5.10 Å². The van der Waals surface area contributed by atoms with Gasteiger partial charge in [0.2, 0.25) is 0 Å². The third-order valence-corrected chi connectivity index (χ3v) is 5.97. The van der Waals surface area contributed by atoms with E-state index in [9.17, 15) is 9.18 Å². The standard InChI is InChI=1S/C19H22ClFN4O/c20-18-17(12-22-23-19(18)26)24-10-7-15(8-11-24)25-9-1-2-16(25)13-3-5-14(21)6-4-13/h3-6,12,15-16H,1-2,7-11H2,(H,23,26)/t16-/m1/s1. The number of H-pyrrole nitrogens is 1. The minimum atomic E-state index is -0.345.